The van der Waals surface area contributed by atoms with Gasteiger partial charge in [-0.2, -0.15) is 4.31 Å². The molecule has 2 atom stereocenters. The molecule has 0 radical (unpaired) electrons. The number of pyridine rings is 1. The number of aromatic nitrogens is 1. The van der Waals surface area contributed by atoms with Gasteiger partial charge in [-0.3, -0.25) is 0 Å². The molecule has 7 heteroatoms. The summed E-state index contributed by atoms with van der Waals surface area (Å²) in [5.41, 5.74) is 0. The van der Waals surface area contributed by atoms with Crippen molar-refractivity contribution in [2.24, 2.45) is 5.92 Å². The molecule has 2 bridgehead atoms. The van der Waals surface area contributed by atoms with Crippen LogP contribution in [0.15, 0.2) is 17.2 Å². The predicted octanol–water partition coefficient (Wildman–Crippen LogP) is 2.73. The third-order valence-corrected chi connectivity index (χ3v) is 6.50. The summed E-state index contributed by atoms with van der Waals surface area (Å²) < 4.78 is 27.1. The van der Waals surface area contributed by atoms with Crippen molar-refractivity contribution in [3.8, 4) is 0 Å². The van der Waals surface area contributed by atoms with Crippen molar-refractivity contribution in [3.05, 3.63) is 17.3 Å². The number of hydrogen-bond acceptors (Lipinski definition) is 4. The minimum Gasteiger partial charge on any atom is -0.369 e. The lowest BCUT2D eigenvalue weighted by Gasteiger charge is -2.26. The zero-order valence-corrected chi connectivity index (χ0v) is 13.6. The smallest absolute Gasteiger partial charge is 0.244 e. The van der Waals surface area contributed by atoms with E-state index >= 15 is 0 Å². The first kappa shape index (κ1) is 15.1. The van der Waals surface area contributed by atoms with Crippen molar-refractivity contribution >= 4 is 27.4 Å². The van der Waals surface area contributed by atoms with Gasteiger partial charge in [0.1, 0.15) is 10.7 Å². The van der Waals surface area contributed by atoms with Crippen molar-refractivity contribution in [1.29, 1.82) is 0 Å². The fourth-order valence-corrected chi connectivity index (χ4v) is 5.26. The maximum absolute atomic E-state index is 12.7. The molecule has 0 aromatic carbocycles. The minimum absolute atomic E-state index is 0.164. The Bertz CT molecular complexity index is 635. The second-order valence-corrected chi connectivity index (χ2v) is 8.13. The number of rotatable bonds is 5. The monoisotopic (exact) mass is 329 g/mol. The maximum atomic E-state index is 12.7. The quantitative estimate of drug-likeness (QED) is 0.902. The van der Waals surface area contributed by atoms with E-state index in [0.29, 0.717) is 23.3 Å². The molecule has 1 saturated heterocycles. The highest BCUT2D eigenvalue weighted by Crippen LogP contribution is 2.40. The lowest BCUT2D eigenvalue weighted by atomic mass is 10.1. The van der Waals surface area contributed by atoms with Crippen LogP contribution in [-0.4, -0.2) is 36.8 Å². The number of hydrogen-bond donors (Lipinski definition) is 1. The van der Waals surface area contributed by atoms with Crippen LogP contribution < -0.4 is 5.32 Å². The SMILES string of the molecule is CCCNc1ncc(S(=O)(=O)N2CC3CCC2C3)cc1Cl. The van der Waals surface area contributed by atoms with Gasteiger partial charge in [0.25, 0.3) is 0 Å². The van der Waals surface area contributed by atoms with E-state index in [1.165, 1.54) is 12.3 Å². The Balaban J connectivity index is 1.84. The number of sulfonamides is 1. The second-order valence-electron chi connectivity index (χ2n) is 5.84. The van der Waals surface area contributed by atoms with Gasteiger partial charge in [-0.05, 0) is 37.7 Å². The van der Waals surface area contributed by atoms with Gasteiger partial charge in [0.15, 0.2) is 0 Å². The Morgan fingerprint density at radius 2 is 2.29 bits per heavy atom. The number of nitrogens with zero attached hydrogens (tertiary/aromatic N) is 2. The molecule has 2 unspecified atom stereocenters. The van der Waals surface area contributed by atoms with Crippen LogP contribution in [0.2, 0.25) is 5.02 Å². The third kappa shape index (κ3) is 2.76. The summed E-state index contributed by atoms with van der Waals surface area (Å²) in [6, 6.07) is 1.67. The van der Waals surface area contributed by atoms with E-state index in [1.54, 1.807) is 4.31 Å². The van der Waals surface area contributed by atoms with Gasteiger partial charge in [0.05, 0.1) is 5.02 Å². The highest BCUT2D eigenvalue weighted by Gasteiger charge is 2.44. The van der Waals surface area contributed by atoms with Gasteiger partial charge < -0.3 is 5.32 Å². The molecular weight excluding hydrogens is 310 g/mol. The van der Waals surface area contributed by atoms with Crippen LogP contribution in [0, 0.1) is 5.92 Å². The number of anilines is 1. The van der Waals surface area contributed by atoms with Crippen LogP contribution in [-0.2, 0) is 10.0 Å². The molecule has 2 fully saturated rings. The Labute approximate surface area is 130 Å². The van der Waals surface area contributed by atoms with E-state index in [-0.39, 0.29) is 10.9 Å². The standard InChI is InChI=1S/C14H20ClN3O2S/c1-2-5-16-14-13(15)7-12(8-17-14)21(19,20)18-9-10-3-4-11(18)6-10/h7-8,10-11H,2-6,9H2,1H3,(H,16,17). The molecule has 5 nitrogen and oxygen atoms in total. The van der Waals surface area contributed by atoms with Gasteiger partial charge in [0.2, 0.25) is 10.0 Å². The molecule has 1 N–H and O–H groups in total. The largest absolute Gasteiger partial charge is 0.369 e. The van der Waals surface area contributed by atoms with E-state index in [0.717, 1.165) is 32.2 Å². The van der Waals surface area contributed by atoms with Gasteiger partial charge >= 0.3 is 0 Å². The number of halogens is 1. The summed E-state index contributed by atoms with van der Waals surface area (Å²) in [7, 11) is -3.47. The number of nitrogens with one attached hydrogen (secondary N) is 1. The van der Waals surface area contributed by atoms with Gasteiger partial charge in [-0.1, -0.05) is 18.5 Å². The molecule has 1 saturated carbocycles. The lowest BCUT2D eigenvalue weighted by Crippen LogP contribution is -2.37. The Morgan fingerprint density at radius 1 is 1.48 bits per heavy atom. The maximum Gasteiger partial charge on any atom is 0.244 e. The predicted molar refractivity (Wildman–Crippen MR) is 83.0 cm³/mol. The first-order valence-corrected chi connectivity index (χ1v) is 9.25. The summed E-state index contributed by atoms with van der Waals surface area (Å²) >= 11 is 6.15. The number of fused-ring (bicyclic) bond motifs is 2. The summed E-state index contributed by atoms with van der Waals surface area (Å²) in [6.07, 6.45) is 5.48. The van der Waals surface area contributed by atoms with Gasteiger partial charge in [-0.25, -0.2) is 13.4 Å². The van der Waals surface area contributed by atoms with Gasteiger partial charge in [-0.15, -0.1) is 0 Å². The summed E-state index contributed by atoms with van der Waals surface area (Å²) in [5, 5.41) is 3.44. The van der Waals surface area contributed by atoms with E-state index in [9.17, 15) is 8.42 Å². The van der Waals surface area contributed by atoms with Crippen molar-refractivity contribution < 1.29 is 8.42 Å². The van der Waals surface area contributed by atoms with E-state index < -0.39 is 10.0 Å². The molecule has 1 aromatic rings. The van der Waals surface area contributed by atoms with Crippen LogP contribution in [0.5, 0.6) is 0 Å². The van der Waals surface area contributed by atoms with Crippen LogP contribution >= 0.6 is 11.6 Å². The van der Waals surface area contributed by atoms with Gasteiger partial charge in [0, 0.05) is 25.3 Å². The molecular formula is C14H20ClN3O2S. The fourth-order valence-electron chi connectivity index (χ4n) is 3.24. The Morgan fingerprint density at radius 3 is 2.86 bits per heavy atom. The van der Waals surface area contributed by atoms with Crippen LogP contribution in [0.1, 0.15) is 32.6 Å². The summed E-state index contributed by atoms with van der Waals surface area (Å²) in [6.45, 7) is 3.44. The second kappa shape index (κ2) is 5.74. The van der Waals surface area contributed by atoms with Crippen LogP contribution in [0.3, 0.4) is 0 Å². The first-order chi connectivity index (χ1) is 10.0. The van der Waals surface area contributed by atoms with Crippen LogP contribution in [0.25, 0.3) is 0 Å². The van der Waals surface area contributed by atoms with E-state index in [1.807, 2.05) is 6.92 Å². The van der Waals surface area contributed by atoms with Crippen molar-refractivity contribution in [3.63, 3.8) is 0 Å². The fraction of sp³-hybridized carbons (Fsp3) is 0.643. The summed E-state index contributed by atoms with van der Waals surface area (Å²) in [5.74, 6) is 1.07. The Kier molecular flexibility index (Phi) is 4.12. The molecule has 1 aliphatic heterocycles. The normalized spacial score (nSPS) is 25.4. The lowest BCUT2D eigenvalue weighted by molar-refractivity contribution is 0.333. The van der Waals surface area contributed by atoms with E-state index in [2.05, 4.69) is 10.3 Å². The average Bonchev–Trinajstić information content (AvgIpc) is 3.09. The molecule has 2 heterocycles. The minimum atomic E-state index is -3.47. The van der Waals surface area contributed by atoms with Crippen molar-refractivity contribution in [2.75, 3.05) is 18.4 Å². The molecule has 2 aliphatic rings. The topological polar surface area (TPSA) is 62.3 Å². The molecule has 21 heavy (non-hydrogen) atoms. The highest BCUT2D eigenvalue weighted by molar-refractivity contribution is 7.89. The van der Waals surface area contributed by atoms with E-state index in [4.69, 9.17) is 11.6 Å². The molecule has 0 amide bonds. The Hall–Kier alpha value is -0.850. The molecule has 116 valence electrons. The molecule has 3 rings (SSSR count). The molecule has 1 aromatic heterocycles. The van der Waals surface area contributed by atoms with Crippen molar-refractivity contribution in [1.82, 2.24) is 9.29 Å². The zero-order valence-electron chi connectivity index (χ0n) is 12.0. The van der Waals surface area contributed by atoms with Crippen LogP contribution in [0.4, 0.5) is 5.82 Å². The highest BCUT2D eigenvalue weighted by atomic mass is 35.5. The average molecular weight is 330 g/mol. The first-order valence-electron chi connectivity index (χ1n) is 7.43. The summed E-state index contributed by atoms with van der Waals surface area (Å²) in [4.78, 5) is 4.36. The van der Waals surface area contributed by atoms with Crippen molar-refractivity contribution in [2.45, 2.75) is 43.5 Å². The molecule has 1 aliphatic carbocycles. The third-order valence-electron chi connectivity index (χ3n) is 4.32. The zero-order chi connectivity index (χ0) is 15.0. The molecule has 0 spiro atoms. The number of piperidine rings is 1.